The van der Waals surface area contributed by atoms with Crippen LogP contribution in [0.4, 0.5) is 5.69 Å². The highest BCUT2D eigenvalue weighted by atomic mass is 16.6. The van der Waals surface area contributed by atoms with E-state index in [1.807, 2.05) is 60.4 Å². The van der Waals surface area contributed by atoms with E-state index in [9.17, 15) is 9.59 Å². The molecule has 1 fully saturated rings. The van der Waals surface area contributed by atoms with E-state index in [4.69, 9.17) is 4.84 Å². The van der Waals surface area contributed by atoms with Gasteiger partial charge in [0.1, 0.15) is 0 Å². The van der Waals surface area contributed by atoms with Crippen molar-refractivity contribution in [2.75, 3.05) is 18.4 Å². The van der Waals surface area contributed by atoms with Crippen LogP contribution in [0.25, 0.3) is 0 Å². The second kappa shape index (κ2) is 12.1. The molecule has 182 valence electrons. The molecule has 0 aliphatic carbocycles. The molecule has 2 amide bonds. The van der Waals surface area contributed by atoms with Crippen LogP contribution in [0, 0.1) is 0 Å². The SMILES string of the molecule is CCN(C(=O)c1cccc(CONC(=O)c2ccccc2NCc2ccncc2)c1)C1CCCN1. The van der Waals surface area contributed by atoms with Gasteiger partial charge in [-0.3, -0.25) is 24.7 Å². The zero-order valence-corrected chi connectivity index (χ0v) is 19.9. The number of anilines is 1. The molecular formula is C27H31N5O3. The summed E-state index contributed by atoms with van der Waals surface area (Å²) in [5.74, 6) is -0.355. The third kappa shape index (κ3) is 6.44. The molecule has 8 heteroatoms. The van der Waals surface area contributed by atoms with Crippen molar-refractivity contribution in [1.82, 2.24) is 20.7 Å². The molecule has 4 rings (SSSR count). The number of hydrogen-bond acceptors (Lipinski definition) is 6. The lowest BCUT2D eigenvalue weighted by atomic mass is 10.1. The van der Waals surface area contributed by atoms with E-state index < -0.39 is 0 Å². The molecule has 0 spiro atoms. The summed E-state index contributed by atoms with van der Waals surface area (Å²) in [6.07, 6.45) is 5.59. The van der Waals surface area contributed by atoms with Crippen LogP contribution < -0.4 is 16.1 Å². The van der Waals surface area contributed by atoms with Crippen LogP contribution in [0.3, 0.4) is 0 Å². The Morgan fingerprint density at radius 2 is 1.91 bits per heavy atom. The molecule has 0 saturated carbocycles. The third-order valence-corrected chi connectivity index (χ3v) is 5.99. The van der Waals surface area contributed by atoms with Crippen molar-refractivity contribution in [2.24, 2.45) is 0 Å². The van der Waals surface area contributed by atoms with Crippen LogP contribution in [0.1, 0.15) is 51.6 Å². The van der Waals surface area contributed by atoms with E-state index in [0.29, 0.717) is 29.9 Å². The molecule has 2 aromatic carbocycles. The second-order valence-electron chi connectivity index (χ2n) is 8.38. The summed E-state index contributed by atoms with van der Waals surface area (Å²) in [6.45, 7) is 4.28. The number of rotatable bonds is 10. The lowest BCUT2D eigenvalue weighted by Gasteiger charge is -2.28. The summed E-state index contributed by atoms with van der Waals surface area (Å²) in [7, 11) is 0. The fourth-order valence-corrected chi connectivity index (χ4v) is 4.17. The molecule has 0 bridgehead atoms. The van der Waals surface area contributed by atoms with E-state index in [2.05, 4.69) is 21.1 Å². The van der Waals surface area contributed by atoms with Crippen molar-refractivity contribution in [1.29, 1.82) is 0 Å². The third-order valence-electron chi connectivity index (χ3n) is 5.99. The Balaban J connectivity index is 1.33. The Morgan fingerprint density at radius 3 is 2.69 bits per heavy atom. The van der Waals surface area contributed by atoms with E-state index in [1.54, 1.807) is 24.5 Å². The maximum atomic E-state index is 13.0. The Labute approximate surface area is 205 Å². The van der Waals surface area contributed by atoms with Crippen LogP contribution in [0.5, 0.6) is 0 Å². The summed E-state index contributed by atoms with van der Waals surface area (Å²) in [6, 6.07) is 18.4. The monoisotopic (exact) mass is 473 g/mol. The summed E-state index contributed by atoms with van der Waals surface area (Å²) in [5, 5.41) is 6.67. The van der Waals surface area contributed by atoms with Gasteiger partial charge in [0.25, 0.3) is 11.8 Å². The highest BCUT2D eigenvalue weighted by Gasteiger charge is 2.25. The summed E-state index contributed by atoms with van der Waals surface area (Å²) in [5.41, 5.74) is 6.18. The van der Waals surface area contributed by atoms with Crippen molar-refractivity contribution in [3.05, 3.63) is 95.3 Å². The first-order valence-electron chi connectivity index (χ1n) is 11.9. The van der Waals surface area contributed by atoms with Crippen molar-refractivity contribution < 1.29 is 14.4 Å². The van der Waals surface area contributed by atoms with Gasteiger partial charge in [0, 0.05) is 36.7 Å². The smallest absolute Gasteiger partial charge is 0.276 e. The van der Waals surface area contributed by atoms with Crippen LogP contribution in [0.15, 0.2) is 73.1 Å². The first kappa shape index (κ1) is 24.4. The Kier molecular flexibility index (Phi) is 8.43. The number of carbonyl (C=O) groups excluding carboxylic acids is 2. The number of pyridine rings is 1. The van der Waals surface area contributed by atoms with Crippen LogP contribution >= 0.6 is 0 Å². The number of amides is 2. The van der Waals surface area contributed by atoms with Crippen molar-refractivity contribution in [2.45, 2.75) is 39.1 Å². The molecule has 1 aliphatic heterocycles. The standard InChI is InChI=1S/C27H31N5O3/c1-2-32(25-11-6-14-29-25)27(34)22-8-5-7-21(17-22)19-35-31-26(33)23-9-3-4-10-24(23)30-18-20-12-15-28-16-13-20/h3-5,7-10,12-13,15-17,25,29-30H,2,6,11,14,18-19H2,1H3,(H,31,33). The van der Waals surface area contributed by atoms with Gasteiger partial charge in [0.15, 0.2) is 0 Å². The Morgan fingerprint density at radius 1 is 1.09 bits per heavy atom. The van der Waals surface area contributed by atoms with Gasteiger partial charge in [-0.15, -0.1) is 0 Å². The molecule has 0 radical (unpaired) electrons. The quantitative estimate of drug-likeness (QED) is 0.389. The molecule has 1 aromatic heterocycles. The summed E-state index contributed by atoms with van der Waals surface area (Å²) < 4.78 is 0. The number of para-hydroxylation sites is 1. The number of carbonyl (C=O) groups is 2. The molecule has 3 N–H and O–H groups in total. The highest BCUT2D eigenvalue weighted by Crippen LogP contribution is 2.17. The predicted molar refractivity (Wildman–Crippen MR) is 134 cm³/mol. The van der Waals surface area contributed by atoms with Gasteiger partial charge < -0.3 is 10.2 Å². The van der Waals surface area contributed by atoms with E-state index in [1.165, 1.54) is 0 Å². The number of nitrogens with one attached hydrogen (secondary N) is 3. The predicted octanol–water partition coefficient (Wildman–Crippen LogP) is 3.73. The Hall–Kier alpha value is -3.75. The van der Waals surface area contributed by atoms with Gasteiger partial charge in [-0.05, 0) is 73.8 Å². The molecule has 1 unspecified atom stereocenters. The molecule has 1 saturated heterocycles. The minimum Gasteiger partial charge on any atom is -0.380 e. The van der Waals surface area contributed by atoms with Crippen LogP contribution in [0.2, 0.25) is 0 Å². The molecule has 2 heterocycles. The molecule has 1 atom stereocenters. The largest absolute Gasteiger partial charge is 0.380 e. The van der Waals surface area contributed by atoms with Crippen molar-refractivity contribution in [3.63, 3.8) is 0 Å². The maximum Gasteiger partial charge on any atom is 0.276 e. The van der Waals surface area contributed by atoms with Crippen LogP contribution in [-0.4, -0.2) is 41.0 Å². The lowest BCUT2D eigenvalue weighted by molar-refractivity contribution is 0.0233. The fraction of sp³-hybridized carbons (Fsp3) is 0.296. The maximum absolute atomic E-state index is 13.0. The summed E-state index contributed by atoms with van der Waals surface area (Å²) >= 11 is 0. The fourth-order valence-electron chi connectivity index (χ4n) is 4.17. The topological polar surface area (TPSA) is 95.6 Å². The normalized spacial score (nSPS) is 14.9. The van der Waals surface area contributed by atoms with Gasteiger partial charge in [-0.1, -0.05) is 24.3 Å². The number of hydroxylamine groups is 1. The van der Waals surface area contributed by atoms with Gasteiger partial charge in [0.05, 0.1) is 18.3 Å². The molecular weight excluding hydrogens is 442 g/mol. The van der Waals surface area contributed by atoms with E-state index in [-0.39, 0.29) is 24.6 Å². The van der Waals surface area contributed by atoms with Crippen molar-refractivity contribution in [3.8, 4) is 0 Å². The molecule has 1 aliphatic rings. The number of hydrogen-bond donors (Lipinski definition) is 3. The van der Waals surface area contributed by atoms with Gasteiger partial charge in [-0.2, -0.15) is 0 Å². The molecule has 3 aromatic rings. The first-order valence-corrected chi connectivity index (χ1v) is 11.9. The molecule has 35 heavy (non-hydrogen) atoms. The van der Waals surface area contributed by atoms with Crippen molar-refractivity contribution >= 4 is 17.5 Å². The molecule has 8 nitrogen and oxygen atoms in total. The lowest BCUT2D eigenvalue weighted by Crippen LogP contribution is -2.45. The van der Waals surface area contributed by atoms with Crippen LogP contribution in [-0.2, 0) is 18.0 Å². The van der Waals surface area contributed by atoms with Gasteiger partial charge in [-0.25, -0.2) is 5.48 Å². The average molecular weight is 474 g/mol. The zero-order valence-electron chi connectivity index (χ0n) is 19.9. The number of benzene rings is 2. The highest BCUT2D eigenvalue weighted by molar-refractivity contribution is 5.99. The number of aromatic nitrogens is 1. The minimum absolute atomic E-state index is 0.00742. The average Bonchev–Trinajstić information content (AvgIpc) is 3.43. The van der Waals surface area contributed by atoms with Gasteiger partial charge >= 0.3 is 0 Å². The minimum atomic E-state index is -0.348. The Bertz CT molecular complexity index is 1130. The first-order chi connectivity index (χ1) is 17.2. The van der Waals surface area contributed by atoms with Gasteiger partial charge in [0.2, 0.25) is 0 Å². The number of nitrogens with zero attached hydrogens (tertiary/aromatic N) is 2. The van der Waals surface area contributed by atoms with E-state index >= 15 is 0 Å². The van der Waals surface area contributed by atoms with E-state index in [0.717, 1.165) is 30.5 Å². The zero-order chi connectivity index (χ0) is 24.5. The summed E-state index contributed by atoms with van der Waals surface area (Å²) in [4.78, 5) is 37.2. The second-order valence-corrected chi connectivity index (χ2v) is 8.38.